The van der Waals surface area contributed by atoms with Gasteiger partial charge in [-0.1, -0.05) is 74.3 Å². The van der Waals surface area contributed by atoms with Gasteiger partial charge >= 0.3 is 6.09 Å². The minimum Gasteiger partial charge on any atom is -0.494 e. The lowest BCUT2D eigenvalue weighted by molar-refractivity contribution is 0.0970. The van der Waals surface area contributed by atoms with Gasteiger partial charge in [-0.15, -0.1) is 0 Å². The molecule has 3 atom stereocenters. The summed E-state index contributed by atoms with van der Waals surface area (Å²) >= 11 is 7.19. The number of hydrogen-bond acceptors (Lipinski definition) is 3. The quantitative estimate of drug-likeness (QED) is 0.299. The number of benzene rings is 2. The molecule has 1 aliphatic heterocycles. The molecule has 0 aliphatic carbocycles. The van der Waals surface area contributed by atoms with Crippen LogP contribution < -0.4 is 4.74 Å². The Morgan fingerprint density at radius 2 is 1.61 bits per heavy atom. The van der Waals surface area contributed by atoms with Crippen LogP contribution in [-0.4, -0.2) is 53.1 Å². The molecule has 1 heterocycles. The van der Waals surface area contributed by atoms with Crippen LogP contribution in [0, 0.1) is 11.8 Å². The molecule has 0 saturated carbocycles. The third-order valence-electron chi connectivity index (χ3n) is 5.67. The molecule has 0 bridgehead atoms. The van der Waals surface area contributed by atoms with Crippen molar-refractivity contribution in [2.45, 2.75) is 18.9 Å². The Balaban J connectivity index is 1.48. The maximum Gasteiger partial charge on any atom is 0.407 e. The largest absolute Gasteiger partial charge is 0.494 e. The highest BCUT2D eigenvalue weighted by atomic mass is 79.9. The fraction of sp³-hybridized carbons (Fsp3) is 0.458. The minimum absolute atomic E-state index is 0.237. The van der Waals surface area contributed by atoms with Crippen molar-refractivity contribution in [1.82, 2.24) is 4.90 Å². The zero-order chi connectivity index (χ0) is 22.1. The van der Waals surface area contributed by atoms with Crippen molar-refractivity contribution in [3.63, 3.8) is 0 Å². The average Bonchev–Trinajstić information content (AvgIpc) is 2.81. The first-order chi connectivity index (χ1) is 15.1. The molecule has 1 fully saturated rings. The standard InChI is InChI=1S/C24H29Br2NO4/c25-13-20-15-27(24(28)29)16-21(14-26)23(20)19-7-9-22(10-8-19)31-12-4-11-30-17-18-5-2-1-3-6-18/h1-3,5-10,20-21,23H,4,11-17H2,(H,28,29)/t20-,21+,23?. The van der Waals surface area contributed by atoms with Gasteiger partial charge in [0.15, 0.2) is 0 Å². The number of nitrogens with zero attached hydrogens (tertiary/aromatic N) is 1. The average molecular weight is 555 g/mol. The van der Waals surface area contributed by atoms with E-state index in [1.165, 1.54) is 16.0 Å². The molecule has 0 radical (unpaired) electrons. The number of ether oxygens (including phenoxy) is 2. The molecular formula is C24H29Br2NO4. The number of carboxylic acid groups (broad SMARTS) is 1. The van der Waals surface area contributed by atoms with E-state index in [-0.39, 0.29) is 11.8 Å². The topological polar surface area (TPSA) is 59.0 Å². The summed E-state index contributed by atoms with van der Waals surface area (Å²) in [4.78, 5) is 13.0. The van der Waals surface area contributed by atoms with Crippen LogP contribution in [-0.2, 0) is 11.3 Å². The first-order valence-corrected chi connectivity index (χ1v) is 12.8. The number of rotatable bonds is 10. The van der Waals surface area contributed by atoms with Gasteiger partial charge in [0.25, 0.3) is 0 Å². The normalized spacial score (nSPS) is 21.1. The maximum atomic E-state index is 11.5. The van der Waals surface area contributed by atoms with Crippen molar-refractivity contribution < 1.29 is 19.4 Å². The molecule has 1 N–H and O–H groups in total. The van der Waals surface area contributed by atoms with E-state index >= 15 is 0 Å². The van der Waals surface area contributed by atoms with Crippen LogP contribution in [0.1, 0.15) is 23.5 Å². The molecule has 0 aromatic heterocycles. The summed E-state index contributed by atoms with van der Waals surface area (Å²) in [7, 11) is 0. The van der Waals surface area contributed by atoms with E-state index in [0.29, 0.717) is 38.8 Å². The summed E-state index contributed by atoms with van der Waals surface area (Å²) in [5, 5.41) is 11.0. The van der Waals surface area contributed by atoms with Crippen LogP contribution in [0.2, 0.25) is 0 Å². The highest BCUT2D eigenvalue weighted by molar-refractivity contribution is 9.09. The molecule has 7 heteroatoms. The van der Waals surface area contributed by atoms with E-state index in [1.54, 1.807) is 0 Å². The molecule has 5 nitrogen and oxygen atoms in total. The van der Waals surface area contributed by atoms with Crippen LogP contribution in [0.5, 0.6) is 5.75 Å². The van der Waals surface area contributed by atoms with E-state index in [4.69, 9.17) is 9.47 Å². The van der Waals surface area contributed by atoms with Gasteiger partial charge in [0.05, 0.1) is 19.8 Å². The van der Waals surface area contributed by atoms with Gasteiger partial charge in [0, 0.05) is 30.2 Å². The second kappa shape index (κ2) is 12.5. The Kier molecular flexibility index (Phi) is 9.68. The van der Waals surface area contributed by atoms with E-state index in [9.17, 15) is 9.90 Å². The van der Waals surface area contributed by atoms with E-state index in [0.717, 1.165) is 22.8 Å². The van der Waals surface area contributed by atoms with Crippen LogP contribution in [0.3, 0.4) is 0 Å². The lowest BCUT2D eigenvalue weighted by atomic mass is 9.75. The second-order valence-electron chi connectivity index (χ2n) is 7.85. The first kappa shape index (κ1) is 24.1. The molecule has 1 unspecified atom stereocenters. The first-order valence-electron chi connectivity index (χ1n) is 10.6. The zero-order valence-electron chi connectivity index (χ0n) is 17.5. The van der Waals surface area contributed by atoms with Crippen LogP contribution in [0.25, 0.3) is 0 Å². The van der Waals surface area contributed by atoms with Crippen LogP contribution >= 0.6 is 31.9 Å². The molecule has 168 valence electrons. The smallest absolute Gasteiger partial charge is 0.407 e. The van der Waals surface area contributed by atoms with Gasteiger partial charge in [-0.05, 0) is 41.0 Å². The maximum absolute atomic E-state index is 11.5. The zero-order valence-corrected chi connectivity index (χ0v) is 20.6. The van der Waals surface area contributed by atoms with Crippen molar-refractivity contribution in [2.24, 2.45) is 11.8 Å². The van der Waals surface area contributed by atoms with E-state index < -0.39 is 6.09 Å². The molecule has 1 aliphatic rings. The van der Waals surface area contributed by atoms with Crippen molar-refractivity contribution >= 4 is 38.0 Å². The van der Waals surface area contributed by atoms with Gasteiger partial charge in [-0.3, -0.25) is 0 Å². The Labute approximate surface area is 201 Å². The number of likely N-dealkylation sites (tertiary alicyclic amines) is 1. The van der Waals surface area contributed by atoms with Gasteiger partial charge in [0.1, 0.15) is 5.75 Å². The number of amides is 1. The Hall–Kier alpha value is -1.57. The predicted octanol–water partition coefficient (Wildman–Crippen LogP) is 5.77. The van der Waals surface area contributed by atoms with Gasteiger partial charge in [-0.25, -0.2) is 4.79 Å². The van der Waals surface area contributed by atoms with Crippen molar-refractivity contribution in [1.29, 1.82) is 0 Å². The second-order valence-corrected chi connectivity index (χ2v) is 9.15. The van der Waals surface area contributed by atoms with Gasteiger partial charge < -0.3 is 19.5 Å². The number of alkyl halides is 2. The lowest BCUT2D eigenvalue weighted by Gasteiger charge is -2.42. The fourth-order valence-corrected chi connectivity index (χ4v) is 5.36. The monoisotopic (exact) mass is 553 g/mol. The summed E-state index contributed by atoms with van der Waals surface area (Å²) in [6.45, 7) is 3.00. The molecule has 3 rings (SSSR count). The van der Waals surface area contributed by atoms with E-state index in [2.05, 4.69) is 56.1 Å². The minimum atomic E-state index is -0.841. The van der Waals surface area contributed by atoms with Crippen molar-refractivity contribution in [2.75, 3.05) is 37.0 Å². The summed E-state index contributed by atoms with van der Waals surface area (Å²) in [6, 6.07) is 18.4. The van der Waals surface area contributed by atoms with Crippen molar-refractivity contribution in [3.8, 4) is 5.75 Å². The fourth-order valence-electron chi connectivity index (χ4n) is 4.14. The Bertz CT molecular complexity index is 789. The Morgan fingerprint density at radius 1 is 0.968 bits per heavy atom. The highest BCUT2D eigenvalue weighted by Gasteiger charge is 2.38. The molecule has 2 aromatic carbocycles. The number of carbonyl (C=O) groups is 1. The summed E-state index contributed by atoms with van der Waals surface area (Å²) in [6.07, 6.45) is -0.00799. The Morgan fingerprint density at radius 3 is 2.19 bits per heavy atom. The number of halogens is 2. The molecule has 2 aromatic rings. The predicted molar refractivity (Wildman–Crippen MR) is 130 cm³/mol. The van der Waals surface area contributed by atoms with Gasteiger partial charge in [-0.2, -0.15) is 0 Å². The molecular weight excluding hydrogens is 526 g/mol. The number of hydrogen-bond donors (Lipinski definition) is 1. The summed E-state index contributed by atoms with van der Waals surface area (Å²) < 4.78 is 11.6. The molecule has 0 spiro atoms. The van der Waals surface area contributed by atoms with E-state index in [1.807, 2.05) is 30.3 Å². The molecule has 1 amide bonds. The summed E-state index contributed by atoms with van der Waals surface area (Å²) in [5.74, 6) is 1.62. The third kappa shape index (κ3) is 6.96. The third-order valence-corrected chi connectivity index (χ3v) is 7.33. The SMILES string of the molecule is O=C(O)N1C[C@@H](CBr)C(c2ccc(OCCCOCc3ccccc3)cc2)[C@@H](CBr)C1. The number of piperidine rings is 1. The molecule has 1 saturated heterocycles. The summed E-state index contributed by atoms with van der Waals surface area (Å²) in [5.41, 5.74) is 2.41. The van der Waals surface area contributed by atoms with Gasteiger partial charge in [0.2, 0.25) is 0 Å². The molecule has 31 heavy (non-hydrogen) atoms. The highest BCUT2D eigenvalue weighted by Crippen LogP contribution is 2.39. The van der Waals surface area contributed by atoms with Crippen LogP contribution in [0.15, 0.2) is 54.6 Å². The van der Waals surface area contributed by atoms with Crippen molar-refractivity contribution in [3.05, 3.63) is 65.7 Å². The van der Waals surface area contributed by atoms with Crippen LogP contribution in [0.4, 0.5) is 4.79 Å². The lowest BCUT2D eigenvalue weighted by Crippen LogP contribution is -2.48.